The standard InChI is InChI=1S/C14H26N2O2.ClH/c1-2-13(18-12-7-3-4-8-12)14(17)16-11-6-5-9-15-10-11;/h11-13,15H,2-10H2,1H3,(H,16,17);1H/t11-,13?;/m0./s1. The zero-order valence-corrected chi connectivity index (χ0v) is 12.6. The summed E-state index contributed by atoms with van der Waals surface area (Å²) >= 11 is 0. The molecular weight excluding hydrogens is 264 g/mol. The largest absolute Gasteiger partial charge is 0.365 e. The molecule has 1 saturated carbocycles. The molecule has 4 nitrogen and oxygen atoms in total. The van der Waals surface area contributed by atoms with Gasteiger partial charge in [0.15, 0.2) is 0 Å². The van der Waals surface area contributed by atoms with Gasteiger partial charge in [-0.25, -0.2) is 0 Å². The second kappa shape index (κ2) is 8.77. The highest BCUT2D eigenvalue weighted by molar-refractivity contribution is 5.85. The Morgan fingerprint density at radius 2 is 2.05 bits per heavy atom. The van der Waals surface area contributed by atoms with Crippen LogP contribution in [0.2, 0.25) is 0 Å². The van der Waals surface area contributed by atoms with Crippen molar-refractivity contribution in [2.75, 3.05) is 13.1 Å². The number of nitrogens with one attached hydrogen (secondary N) is 2. The summed E-state index contributed by atoms with van der Waals surface area (Å²) in [5.74, 6) is 0.0816. The van der Waals surface area contributed by atoms with Crippen LogP contribution in [-0.4, -0.2) is 37.2 Å². The van der Waals surface area contributed by atoms with Gasteiger partial charge in [-0.1, -0.05) is 19.8 Å². The van der Waals surface area contributed by atoms with E-state index in [0.717, 1.165) is 45.2 Å². The molecule has 0 spiro atoms. The number of rotatable bonds is 5. The molecule has 0 aromatic carbocycles. The molecule has 2 fully saturated rings. The maximum atomic E-state index is 12.2. The number of ether oxygens (including phenoxy) is 1. The van der Waals surface area contributed by atoms with Crippen molar-refractivity contribution in [2.24, 2.45) is 0 Å². The molecule has 1 unspecified atom stereocenters. The number of halogens is 1. The zero-order chi connectivity index (χ0) is 12.8. The Hall–Kier alpha value is -0.320. The third kappa shape index (κ3) is 5.28. The summed E-state index contributed by atoms with van der Waals surface area (Å²) < 4.78 is 5.93. The Morgan fingerprint density at radius 3 is 2.63 bits per heavy atom. The van der Waals surface area contributed by atoms with Crippen LogP contribution in [0.5, 0.6) is 0 Å². The number of piperidine rings is 1. The number of carbonyl (C=O) groups is 1. The van der Waals surface area contributed by atoms with Crippen LogP contribution in [0.25, 0.3) is 0 Å². The Labute approximate surface area is 122 Å². The van der Waals surface area contributed by atoms with Crippen molar-refractivity contribution in [3.05, 3.63) is 0 Å². The lowest BCUT2D eigenvalue weighted by Gasteiger charge is -2.27. The Balaban J connectivity index is 0.00000180. The number of amides is 1. The Morgan fingerprint density at radius 1 is 1.32 bits per heavy atom. The van der Waals surface area contributed by atoms with Gasteiger partial charge in [0.2, 0.25) is 5.91 Å². The average molecular weight is 291 g/mol. The van der Waals surface area contributed by atoms with Crippen LogP contribution < -0.4 is 10.6 Å². The molecule has 1 amide bonds. The van der Waals surface area contributed by atoms with Crippen LogP contribution in [0.4, 0.5) is 0 Å². The minimum Gasteiger partial charge on any atom is -0.365 e. The van der Waals surface area contributed by atoms with E-state index in [9.17, 15) is 4.79 Å². The van der Waals surface area contributed by atoms with Crippen molar-refractivity contribution >= 4 is 18.3 Å². The summed E-state index contributed by atoms with van der Waals surface area (Å²) in [6.07, 6.45) is 7.78. The Kier molecular flexibility index (Phi) is 7.73. The smallest absolute Gasteiger partial charge is 0.249 e. The van der Waals surface area contributed by atoms with Gasteiger partial charge >= 0.3 is 0 Å². The summed E-state index contributed by atoms with van der Waals surface area (Å²) in [7, 11) is 0. The van der Waals surface area contributed by atoms with Gasteiger partial charge in [-0.2, -0.15) is 0 Å². The maximum absolute atomic E-state index is 12.2. The summed E-state index contributed by atoms with van der Waals surface area (Å²) in [5, 5.41) is 6.43. The predicted molar refractivity (Wildman–Crippen MR) is 78.7 cm³/mol. The monoisotopic (exact) mass is 290 g/mol. The van der Waals surface area contributed by atoms with Gasteiger partial charge in [0.1, 0.15) is 6.10 Å². The second-order valence-corrected chi connectivity index (χ2v) is 5.49. The van der Waals surface area contributed by atoms with E-state index in [1.165, 1.54) is 12.8 Å². The third-order valence-corrected chi connectivity index (χ3v) is 3.97. The summed E-state index contributed by atoms with van der Waals surface area (Å²) in [4.78, 5) is 12.2. The maximum Gasteiger partial charge on any atom is 0.249 e. The fraction of sp³-hybridized carbons (Fsp3) is 0.929. The van der Waals surface area contributed by atoms with Crippen molar-refractivity contribution in [3.8, 4) is 0 Å². The van der Waals surface area contributed by atoms with Gasteiger partial charge in [-0.05, 0) is 38.6 Å². The lowest BCUT2D eigenvalue weighted by Crippen LogP contribution is -2.49. The Bertz CT molecular complexity index is 264. The molecule has 1 aliphatic carbocycles. The highest BCUT2D eigenvalue weighted by Crippen LogP contribution is 2.23. The number of carbonyl (C=O) groups excluding carboxylic acids is 1. The highest BCUT2D eigenvalue weighted by atomic mass is 35.5. The van der Waals surface area contributed by atoms with Gasteiger partial charge in [-0.3, -0.25) is 4.79 Å². The minimum absolute atomic E-state index is 0. The van der Waals surface area contributed by atoms with Crippen molar-refractivity contribution in [1.82, 2.24) is 10.6 Å². The van der Waals surface area contributed by atoms with E-state index in [2.05, 4.69) is 10.6 Å². The van der Waals surface area contributed by atoms with Gasteiger partial charge < -0.3 is 15.4 Å². The molecule has 19 heavy (non-hydrogen) atoms. The molecule has 112 valence electrons. The SMILES string of the molecule is CCC(OC1CCCC1)C(=O)N[C@H]1CCCNC1.Cl. The normalized spacial score (nSPS) is 25.6. The van der Waals surface area contributed by atoms with Crippen molar-refractivity contribution in [1.29, 1.82) is 0 Å². The van der Waals surface area contributed by atoms with Crippen LogP contribution in [0.3, 0.4) is 0 Å². The van der Waals surface area contributed by atoms with Crippen LogP contribution in [-0.2, 0) is 9.53 Å². The molecule has 5 heteroatoms. The molecule has 1 heterocycles. The van der Waals surface area contributed by atoms with Crippen LogP contribution >= 0.6 is 12.4 Å². The first kappa shape index (κ1) is 16.7. The summed E-state index contributed by atoms with van der Waals surface area (Å²) in [6.45, 7) is 3.99. The molecule has 1 saturated heterocycles. The van der Waals surface area contributed by atoms with E-state index >= 15 is 0 Å². The molecule has 2 N–H and O–H groups in total. The molecule has 0 aromatic heterocycles. The summed E-state index contributed by atoms with van der Waals surface area (Å²) in [6, 6.07) is 0.285. The first-order valence-electron chi connectivity index (χ1n) is 7.46. The molecule has 2 rings (SSSR count). The van der Waals surface area contributed by atoms with Gasteiger partial charge in [0, 0.05) is 12.6 Å². The van der Waals surface area contributed by atoms with E-state index in [-0.39, 0.29) is 30.5 Å². The lowest BCUT2D eigenvalue weighted by atomic mass is 10.1. The van der Waals surface area contributed by atoms with Gasteiger partial charge in [0.05, 0.1) is 6.10 Å². The van der Waals surface area contributed by atoms with E-state index in [4.69, 9.17) is 4.74 Å². The van der Waals surface area contributed by atoms with Crippen molar-refractivity contribution < 1.29 is 9.53 Å². The molecule has 1 aliphatic heterocycles. The first-order valence-corrected chi connectivity index (χ1v) is 7.46. The van der Waals surface area contributed by atoms with Crippen molar-refractivity contribution in [3.63, 3.8) is 0 Å². The van der Waals surface area contributed by atoms with E-state index in [1.807, 2.05) is 6.92 Å². The van der Waals surface area contributed by atoms with Gasteiger partial charge in [-0.15, -0.1) is 12.4 Å². The third-order valence-electron chi connectivity index (χ3n) is 3.97. The van der Waals surface area contributed by atoms with E-state index in [0.29, 0.717) is 6.10 Å². The zero-order valence-electron chi connectivity index (χ0n) is 11.8. The summed E-state index contributed by atoms with van der Waals surface area (Å²) in [5.41, 5.74) is 0. The minimum atomic E-state index is -0.255. The molecule has 0 aromatic rings. The van der Waals surface area contributed by atoms with E-state index < -0.39 is 0 Å². The topological polar surface area (TPSA) is 50.4 Å². The lowest BCUT2D eigenvalue weighted by molar-refractivity contribution is -0.137. The fourth-order valence-corrected chi connectivity index (χ4v) is 2.87. The number of hydrogen-bond acceptors (Lipinski definition) is 3. The molecular formula is C14H27ClN2O2. The van der Waals surface area contributed by atoms with E-state index in [1.54, 1.807) is 0 Å². The van der Waals surface area contributed by atoms with Crippen LogP contribution in [0.1, 0.15) is 51.9 Å². The van der Waals surface area contributed by atoms with Crippen LogP contribution in [0, 0.1) is 0 Å². The molecule has 2 aliphatic rings. The number of hydrogen-bond donors (Lipinski definition) is 2. The quantitative estimate of drug-likeness (QED) is 0.814. The second-order valence-electron chi connectivity index (χ2n) is 5.49. The average Bonchev–Trinajstić information content (AvgIpc) is 2.90. The molecule has 0 radical (unpaired) electrons. The highest BCUT2D eigenvalue weighted by Gasteiger charge is 2.26. The van der Waals surface area contributed by atoms with Crippen LogP contribution in [0.15, 0.2) is 0 Å². The van der Waals surface area contributed by atoms with Gasteiger partial charge in [0.25, 0.3) is 0 Å². The predicted octanol–water partition coefficient (Wildman–Crippen LogP) is 2.01. The first-order chi connectivity index (χ1) is 8.79. The molecule has 0 bridgehead atoms. The fourth-order valence-electron chi connectivity index (χ4n) is 2.87. The van der Waals surface area contributed by atoms with Crippen molar-refractivity contribution in [2.45, 2.75) is 70.1 Å². The molecule has 2 atom stereocenters.